The second kappa shape index (κ2) is 7.29. The third kappa shape index (κ3) is 2.83. The molecular formula is C32H47NO3. The molecule has 1 aromatic heterocycles. The predicted octanol–water partition coefficient (Wildman–Crippen LogP) is 7.66. The van der Waals surface area contributed by atoms with Gasteiger partial charge in [0.2, 0.25) is 0 Å². The highest BCUT2D eigenvalue weighted by molar-refractivity contribution is 5.78. The lowest BCUT2D eigenvalue weighted by Crippen LogP contribution is -2.64. The van der Waals surface area contributed by atoms with Gasteiger partial charge in [0.05, 0.1) is 18.7 Å². The number of hydrogen-bond donors (Lipinski definition) is 0. The van der Waals surface area contributed by atoms with Gasteiger partial charge in [-0.05, 0) is 97.2 Å². The van der Waals surface area contributed by atoms with Crippen LogP contribution in [0.3, 0.4) is 0 Å². The van der Waals surface area contributed by atoms with Gasteiger partial charge in [0.15, 0.2) is 0 Å². The average molecular weight is 494 g/mol. The van der Waals surface area contributed by atoms with Crippen molar-refractivity contribution in [1.29, 1.82) is 0 Å². The van der Waals surface area contributed by atoms with Crippen molar-refractivity contribution in [1.82, 2.24) is 5.16 Å². The number of esters is 1. The summed E-state index contributed by atoms with van der Waals surface area (Å²) in [7, 11) is 1.60. The quantitative estimate of drug-likeness (QED) is 0.298. The van der Waals surface area contributed by atoms with Crippen molar-refractivity contribution in [2.24, 2.45) is 44.8 Å². The SMILES string of the molecule is COC(=O)[C@]12CCC(C)(C)C[C@H]1C1=CC[C@H]3[C@@]4(C)Cc5cnoc5C(C)(C)[C@@H]4CC[C@@]3(C)[C@]1(C)CC2. The van der Waals surface area contributed by atoms with Crippen molar-refractivity contribution in [2.75, 3.05) is 7.11 Å². The summed E-state index contributed by atoms with van der Waals surface area (Å²) in [6.45, 7) is 17.4. The lowest BCUT2D eigenvalue weighted by atomic mass is 9.33. The number of fused-ring (bicyclic) bond motifs is 8. The molecule has 5 aliphatic carbocycles. The summed E-state index contributed by atoms with van der Waals surface area (Å²) in [5.74, 6) is 2.68. The first-order chi connectivity index (χ1) is 16.8. The van der Waals surface area contributed by atoms with Gasteiger partial charge in [-0.15, -0.1) is 0 Å². The van der Waals surface area contributed by atoms with Gasteiger partial charge in [-0.3, -0.25) is 4.79 Å². The number of methoxy groups -OCH3 is 1. The first kappa shape index (κ1) is 24.7. The Kier molecular flexibility index (Phi) is 5.01. The Bertz CT molecular complexity index is 1130. The molecule has 0 spiro atoms. The topological polar surface area (TPSA) is 52.3 Å². The van der Waals surface area contributed by atoms with Crippen LogP contribution in [0.5, 0.6) is 0 Å². The molecule has 0 unspecified atom stereocenters. The van der Waals surface area contributed by atoms with Gasteiger partial charge in [0, 0.05) is 11.0 Å². The van der Waals surface area contributed by atoms with Crippen LogP contribution in [0.2, 0.25) is 0 Å². The molecule has 0 aliphatic heterocycles. The van der Waals surface area contributed by atoms with Gasteiger partial charge >= 0.3 is 5.97 Å². The molecule has 6 rings (SSSR count). The molecule has 0 radical (unpaired) electrons. The molecular weight excluding hydrogens is 446 g/mol. The van der Waals surface area contributed by atoms with Crippen molar-refractivity contribution < 1.29 is 14.1 Å². The largest absolute Gasteiger partial charge is 0.469 e. The lowest BCUT2D eigenvalue weighted by Gasteiger charge is -2.70. The van der Waals surface area contributed by atoms with Crippen LogP contribution < -0.4 is 0 Å². The Labute approximate surface area is 218 Å². The van der Waals surface area contributed by atoms with E-state index in [9.17, 15) is 4.79 Å². The van der Waals surface area contributed by atoms with E-state index >= 15 is 0 Å². The summed E-state index contributed by atoms with van der Waals surface area (Å²) in [5, 5.41) is 4.25. The zero-order valence-electron chi connectivity index (χ0n) is 23.9. The fraction of sp³-hybridized carbons (Fsp3) is 0.812. The molecule has 0 N–H and O–H groups in total. The average Bonchev–Trinajstić information content (AvgIpc) is 3.27. The van der Waals surface area contributed by atoms with E-state index in [4.69, 9.17) is 9.26 Å². The van der Waals surface area contributed by atoms with E-state index in [1.54, 1.807) is 12.7 Å². The van der Waals surface area contributed by atoms with Gasteiger partial charge in [0.1, 0.15) is 5.76 Å². The molecule has 0 saturated heterocycles. The molecule has 3 fully saturated rings. The normalized spacial score (nSPS) is 46.2. The monoisotopic (exact) mass is 493 g/mol. The van der Waals surface area contributed by atoms with Crippen LogP contribution in [0.25, 0.3) is 0 Å². The van der Waals surface area contributed by atoms with Crippen LogP contribution in [0.15, 0.2) is 22.4 Å². The second-order valence-corrected chi connectivity index (χ2v) is 15.4. The Morgan fingerprint density at radius 3 is 2.44 bits per heavy atom. The molecule has 3 saturated carbocycles. The molecule has 0 aromatic carbocycles. The molecule has 4 nitrogen and oxygen atoms in total. The lowest BCUT2D eigenvalue weighted by molar-refractivity contribution is -0.179. The first-order valence-corrected chi connectivity index (χ1v) is 14.5. The van der Waals surface area contributed by atoms with E-state index in [1.807, 2.05) is 6.20 Å². The van der Waals surface area contributed by atoms with Crippen molar-refractivity contribution in [3.63, 3.8) is 0 Å². The first-order valence-electron chi connectivity index (χ1n) is 14.5. The fourth-order valence-corrected chi connectivity index (χ4v) is 11.1. The van der Waals surface area contributed by atoms with E-state index in [-0.39, 0.29) is 38.5 Å². The summed E-state index contributed by atoms with van der Waals surface area (Å²) < 4.78 is 11.4. The van der Waals surface area contributed by atoms with Crippen LogP contribution in [-0.2, 0) is 21.4 Å². The number of nitrogens with zero attached hydrogens (tertiary/aromatic N) is 1. The Balaban J connectivity index is 1.46. The molecule has 198 valence electrons. The van der Waals surface area contributed by atoms with E-state index in [2.05, 4.69) is 59.7 Å². The second-order valence-electron chi connectivity index (χ2n) is 15.4. The van der Waals surface area contributed by atoms with Crippen LogP contribution in [0.1, 0.15) is 111 Å². The van der Waals surface area contributed by atoms with Crippen molar-refractivity contribution in [3.05, 3.63) is 29.2 Å². The number of allylic oxidation sites excluding steroid dienone is 2. The third-order valence-electron chi connectivity index (χ3n) is 13.2. The highest BCUT2D eigenvalue weighted by Crippen LogP contribution is 2.75. The molecule has 0 bridgehead atoms. The zero-order valence-corrected chi connectivity index (χ0v) is 23.9. The molecule has 0 amide bonds. The van der Waals surface area contributed by atoms with Crippen LogP contribution >= 0.6 is 0 Å². The third-order valence-corrected chi connectivity index (χ3v) is 13.2. The van der Waals surface area contributed by atoms with Gasteiger partial charge in [0.25, 0.3) is 0 Å². The van der Waals surface area contributed by atoms with Crippen molar-refractivity contribution in [3.8, 4) is 0 Å². The maximum atomic E-state index is 13.4. The Morgan fingerprint density at radius 1 is 1.00 bits per heavy atom. The van der Waals surface area contributed by atoms with Crippen LogP contribution in [0, 0.1) is 44.8 Å². The molecule has 1 aromatic rings. The fourth-order valence-electron chi connectivity index (χ4n) is 11.1. The number of rotatable bonds is 1. The molecule has 7 atom stereocenters. The van der Waals surface area contributed by atoms with E-state index < -0.39 is 0 Å². The van der Waals surface area contributed by atoms with Crippen LogP contribution in [-0.4, -0.2) is 18.2 Å². The minimum Gasteiger partial charge on any atom is -0.469 e. The van der Waals surface area contributed by atoms with Gasteiger partial charge in [-0.1, -0.05) is 65.3 Å². The molecule has 4 heteroatoms. The van der Waals surface area contributed by atoms with E-state index in [1.165, 1.54) is 18.4 Å². The van der Waals surface area contributed by atoms with Crippen molar-refractivity contribution >= 4 is 5.97 Å². The number of carbonyl (C=O) groups is 1. The summed E-state index contributed by atoms with van der Waals surface area (Å²) in [4.78, 5) is 13.4. The molecule has 5 aliphatic rings. The number of ether oxygens (including phenoxy) is 1. The minimum absolute atomic E-state index is 0.00502. The summed E-state index contributed by atoms with van der Waals surface area (Å²) in [6, 6.07) is 0. The smallest absolute Gasteiger partial charge is 0.312 e. The maximum absolute atomic E-state index is 13.4. The minimum atomic E-state index is -0.329. The highest BCUT2D eigenvalue weighted by Gasteiger charge is 2.69. The number of aromatic nitrogens is 1. The molecule has 36 heavy (non-hydrogen) atoms. The highest BCUT2D eigenvalue weighted by atomic mass is 16.5. The maximum Gasteiger partial charge on any atom is 0.312 e. The molecule has 1 heterocycles. The summed E-state index contributed by atoms with van der Waals surface area (Å²) in [5.41, 5.74) is 3.42. The number of hydrogen-bond acceptors (Lipinski definition) is 4. The van der Waals surface area contributed by atoms with Gasteiger partial charge in [-0.25, -0.2) is 0 Å². The summed E-state index contributed by atoms with van der Waals surface area (Å²) >= 11 is 0. The van der Waals surface area contributed by atoms with Gasteiger partial charge in [-0.2, -0.15) is 0 Å². The van der Waals surface area contributed by atoms with E-state index in [0.717, 1.165) is 50.7 Å². The van der Waals surface area contributed by atoms with Gasteiger partial charge < -0.3 is 9.26 Å². The van der Waals surface area contributed by atoms with Crippen molar-refractivity contribution in [2.45, 2.75) is 112 Å². The van der Waals surface area contributed by atoms with Crippen LogP contribution in [0.4, 0.5) is 0 Å². The zero-order chi connectivity index (χ0) is 25.9. The Hall–Kier alpha value is -1.58. The standard InChI is InChI=1S/C32H47NO3/c1-27(2)13-15-32(26(34)35-8)16-14-30(6)21(22(32)18-27)9-10-24-29(5)17-20-19-33-36-25(20)28(3,4)23(29)11-12-31(24,30)7/h9,19,22-24H,10-18H2,1-8H3/t22-,23-,24-,29-,30+,31+,32-/m0/s1. The Morgan fingerprint density at radius 2 is 1.72 bits per heavy atom. The van der Waals surface area contributed by atoms with E-state index in [0.29, 0.717) is 17.8 Å². The summed E-state index contributed by atoms with van der Waals surface area (Å²) in [6.07, 6.45) is 14.6. The number of carbonyl (C=O) groups excluding carboxylic acids is 1. The predicted molar refractivity (Wildman–Crippen MR) is 141 cm³/mol.